The fourth-order valence-corrected chi connectivity index (χ4v) is 2.53. The third-order valence-electron chi connectivity index (χ3n) is 3.21. The number of carbonyl (C=O) groups is 1. The molecule has 1 aromatic rings. The van der Waals surface area contributed by atoms with Gasteiger partial charge in [-0.2, -0.15) is 0 Å². The van der Waals surface area contributed by atoms with Crippen LogP contribution in [0.5, 0.6) is 0 Å². The van der Waals surface area contributed by atoms with Gasteiger partial charge in [-0.05, 0) is 30.0 Å². The number of hydrogen-bond donors (Lipinski definition) is 0. The number of halogens is 4. The topological polar surface area (TPSA) is 26.3 Å². The molecule has 0 fully saturated rings. The first-order valence-corrected chi connectivity index (χ1v) is 9.10. The lowest BCUT2D eigenvalue weighted by Gasteiger charge is -2.19. The number of rotatable bonds is 7. The molecule has 0 aliphatic heterocycles. The molecule has 0 heterocycles. The summed E-state index contributed by atoms with van der Waals surface area (Å²) in [7, 11) is 0. The van der Waals surface area contributed by atoms with Gasteiger partial charge in [0.05, 0.1) is 5.92 Å². The van der Waals surface area contributed by atoms with Crippen LogP contribution in [0.2, 0.25) is 0 Å². The summed E-state index contributed by atoms with van der Waals surface area (Å²) in [5.41, 5.74) is 0.918. The highest BCUT2D eigenvalue weighted by molar-refractivity contribution is 9.10. The maximum absolute atomic E-state index is 12.3. The summed E-state index contributed by atoms with van der Waals surface area (Å²) in [6.45, 7) is 4.08. The van der Waals surface area contributed by atoms with E-state index >= 15 is 0 Å². The molecular weight excluding hydrogens is 410 g/mol. The number of esters is 1. The van der Waals surface area contributed by atoms with E-state index < -0.39 is 3.79 Å². The van der Waals surface area contributed by atoms with Crippen LogP contribution in [0.4, 0.5) is 0 Å². The fraction of sp³-hybridized carbons (Fsp3) is 0.562. The molecule has 1 atom stereocenters. The van der Waals surface area contributed by atoms with Gasteiger partial charge in [-0.1, -0.05) is 89.6 Å². The summed E-state index contributed by atoms with van der Waals surface area (Å²) in [4.78, 5) is 12.3. The van der Waals surface area contributed by atoms with Crippen LogP contribution in [-0.2, 0) is 9.53 Å². The number of alkyl halides is 3. The highest BCUT2D eigenvalue weighted by Gasteiger charge is 2.27. The largest absolute Gasteiger partial charge is 0.461 e. The first-order chi connectivity index (χ1) is 10.2. The summed E-state index contributed by atoms with van der Waals surface area (Å²) in [6, 6.07) is 7.65. The SMILES string of the molecule is CC(C)CCC[C@H](C(=O)OCC(Cl)(Cl)Cl)c1ccc(Br)cc1. The Hall–Kier alpha value is 0.0400. The van der Waals surface area contributed by atoms with E-state index in [4.69, 9.17) is 39.5 Å². The van der Waals surface area contributed by atoms with Gasteiger partial charge in [0.15, 0.2) is 0 Å². The van der Waals surface area contributed by atoms with Crippen LogP contribution < -0.4 is 0 Å². The van der Waals surface area contributed by atoms with Gasteiger partial charge in [0, 0.05) is 4.47 Å². The van der Waals surface area contributed by atoms with Gasteiger partial charge < -0.3 is 4.74 Å². The lowest BCUT2D eigenvalue weighted by atomic mass is 9.92. The Balaban J connectivity index is 2.76. The highest BCUT2D eigenvalue weighted by Crippen LogP contribution is 2.29. The van der Waals surface area contributed by atoms with Crippen LogP contribution in [0, 0.1) is 5.92 Å². The molecule has 0 saturated heterocycles. The van der Waals surface area contributed by atoms with Crippen LogP contribution in [0.25, 0.3) is 0 Å². The molecule has 0 unspecified atom stereocenters. The Morgan fingerprint density at radius 3 is 2.27 bits per heavy atom. The quantitative estimate of drug-likeness (QED) is 0.376. The second-order valence-corrected chi connectivity index (χ2v) is 9.08. The molecule has 1 rings (SSSR count). The van der Waals surface area contributed by atoms with Gasteiger partial charge in [-0.15, -0.1) is 0 Å². The van der Waals surface area contributed by atoms with Gasteiger partial charge in [0.1, 0.15) is 6.61 Å². The Labute approximate surface area is 155 Å². The zero-order chi connectivity index (χ0) is 16.8. The Bertz CT molecular complexity index is 469. The molecule has 1 aromatic carbocycles. The van der Waals surface area contributed by atoms with E-state index in [1.54, 1.807) is 0 Å². The molecule has 0 N–H and O–H groups in total. The van der Waals surface area contributed by atoms with Crippen LogP contribution in [-0.4, -0.2) is 16.4 Å². The lowest BCUT2D eigenvalue weighted by molar-refractivity contribution is -0.145. The number of benzene rings is 1. The molecule has 6 heteroatoms. The van der Waals surface area contributed by atoms with Gasteiger partial charge in [-0.3, -0.25) is 4.79 Å². The van der Waals surface area contributed by atoms with Crippen molar-refractivity contribution in [3.63, 3.8) is 0 Å². The molecular formula is C16H20BrCl3O2. The normalized spacial score (nSPS) is 13.2. The highest BCUT2D eigenvalue weighted by atomic mass is 79.9. The van der Waals surface area contributed by atoms with Gasteiger partial charge in [0.25, 0.3) is 0 Å². The molecule has 0 saturated carbocycles. The minimum absolute atomic E-state index is 0.242. The van der Waals surface area contributed by atoms with E-state index in [1.807, 2.05) is 24.3 Å². The number of hydrogen-bond acceptors (Lipinski definition) is 2. The smallest absolute Gasteiger partial charge is 0.313 e. The van der Waals surface area contributed by atoms with Crippen molar-refractivity contribution in [1.29, 1.82) is 0 Å². The molecule has 0 aliphatic rings. The van der Waals surface area contributed by atoms with Crippen molar-refractivity contribution in [2.24, 2.45) is 5.92 Å². The number of carbonyl (C=O) groups excluding carboxylic acids is 1. The molecule has 0 radical (unpaired) electrons. The summed E-state index contributed by atoms with van der Waals surface area (Å²) < 4.78 is 4.54. The zero-order valence-electron chi connectivity index (χ0n) is 12.6. The maximum Gasteiger partial charge on any atom is 0.313 e. The van der Waals surface area contributed by atoms with E-state index in [2.05, 4.69) is 29.8 Å². The molecule has 0 spiro atoms. The Kier molecular flexibility index (Phi) is 8.55. The van der Waals surface area contributed by atoms with Crippen molar-refractivity contribution in [2.45, 2.75) is 42.8 Å². The van der Waals surface area contributed by atoms with Crippen molar-refractivity contribution >= 4 is 56.7 Å². The summed E-state index contributed by atoms with van der Waals surface area (Å²) in [5, 5.41) is 0. The summed E-state index contributed by atoms with van der Waals surface area (Å²) >= 11 is 20.3. The van der Waals surface area contributed by atoms with E-state index in [1.165, 1.54) is 0 Å². The summed E-state index contributed by atoms with van der Waals surface area (Å²) in [5.74, 6) is -0.0839. The predicted octanol–water partition coefficient (Wildman–Crippen LogP) is 6.27. The number of ether oxygens (including phenoxy) is 1. The standard InChI is InChI=1S/C16H20BrCl3O2/c1-11(2)4-3-5-14(12-6-8-13(17)9-7-12)15(21)22-10-16(18,19)20/h6-9,11,14H,3-5,10H2,1-2H3/t14-/m0/s1. The summed E-state index contributed by atoms with van der Waals surface area (Å²) in [6.07, 6.45) is 2.73. The minimum Gasteiger partial charge on any atom is -0.461 e. The van der Waals surface area contributed by atoms with Crippen LogP contribution >= 0.6 is 50.7 Å². The molecule has 0 amide bonds. The molecule has 2 nitrogen and oxygen atoms in total. The minimum atomic E-state index is -1.59. The van der Waals surface area contributed by atoms with Crippen molar-refractivity contribution < 1.29 is 9.53 Å². The average molecular weight is 431 g/mol. The Morgan fingerprint density at radius 1 is 1.18 bits per heavy atom. The molecule has 0 aromatic heterocycles. The van der Waals surface area contributed by atoms with Gasteiger partial charge >= 0.3 is 5.97 Å². The second-order valence-electron chi connectivity index (χ2n) is 5.65. The van der Waals surface area contributed by atoms with E-state index in [0.29, 0.717) is 5.92 Å². The lowest BCUT2D eigenvalue weighted by Crippen LogP contribution is -2.22. The third kappa shape index (κ3) is 8.05. The van der Waals surface area contributed by atoms with Crippen molar-refractivity contribution in [3.05, 3.63) is 34.3 Å². The van der Waals surface area contributed by atoms with Crippen molar-refractivity contribution in [3.8, 4) is 0 Å². The van der Waals surface area contributed by atoms with E-state index in [-0.39, 0.29) is 18.5 Å². The third-order valence-corrected chi connectivity index (χ3v) is 4.07. The van der Waals surface area contributed by atoms with E-state index in [9.17, 15) is 4.79 Å². The van der Waals surface area contributed by atoms with Crippen LogP contribution in [0.15, 0.2) is 28.7 Å². The fourth-order valence-electron chi connectivity index (χ4n) is 2.10. The van der Waals surface area contributed by atoms with E-state index in [0.717, 1.165) is 29.3 Å². The molecule has 0 aliphatic carbocycles. The van der Waals surface area contributed by atoms with Crippen molar-refractivity contribution in [2.75, 3.05) is 6.61 Å². The second kappa shape index (κ2) is 9.36. The van der Waals surface area contributed by atoms with Crippen molar-refractivity contribution in [1.82, 2.24) is 0 Å². The molecule has 124 valence electrons. The van der Waals surface area contributed by atoms with Crippen LogP contribution in [0.3, 0.4) is 0 Å². The maximum atomic E-state index is 12.3. The predicted molar refractivity (Wildman–Crippen MR) is 96.8 cm³/mol. The molecule has 22 heavy (non-hydrogen) atoms. The van der Waals surface area contributed by atoms with Gasteiger partial charge in [-0.25, -0.2) is 0 Å². The van der Waals surface area contributed by atoms with Gasteiger partial charge in [0.2, 0.25) is 3.79 Å². The Morgan fingerprint density at radius 2 is 1.77 bits per heavy atom. The first kappa shape index (κ1) is 20.1. The molecule has 0 bridgehead atoms. The average Bonchev–Trinajstić information content (AvgIpc) is 2.41. The first-order valence-electron chi connectivity index (χ1n) is 7.18. The monoisotopic (exact) mass is 428 g/mol. The van der Waals surface area contributed by atoms with Crippen LogP contribution in [0.1, 0.15) is 44.6 Å². The zero-order valence-corrected chi connectivity index (χ0v) is 16.5.